The summed E-state index contributed by atoms with van der Waals surface area (Å²) in [6.45, 7) is 0. The van der Waals surface area contributed by atoms with Crippen molar-refractivity contribution in [2.75, 3.05) is 12.4 Å². The number of nitrogens with zero attached hydrogens (tertiary/aromatic N) is 1. The minimum atomic E-state index is -0.314. The molecule has 0 aliphatic rings. The van der Waals surface area contributed by atoms with Crippen LogP contribution in [-0.4, -0.2) is 18.0 Å². The van der Waals surface area contributed by atoms with E-state index in [-0.39, 0.29) is 5.91 Å². The maximum atomic E-state index is 12.7. The Bertz CT molecular complexity index is 872. The largest absolute Gasteiger partial charge is 0.497 e. The number of aromatic nitrogens is 1. The molecule has 0 atom stereocenters. The number of hydrogen-bond acceptors (Lipinski definition) is 5. The number of rotatable bonds is 5. The number of furan rings is 1. The molecular formula is C17H13ClN2O3S. The van der Waals surface area contributed by atoms with Gasteiger partial charge in [0.25, 0.3) is 5.91 Å². The second-order valence-corrected chi connectivity index (χ2v) is 6.39. The number of anilines is 1. The summed E-state index contributed by atoms with van der Waals surface area (Å²) in [4.78, 5) is 16.8. The third-order valence-corrected chi connectivity index (χ3v) is 4.18. The fourth-order valence-electron chi connectivity index (χ4n) is 2.06. The first-order valence-electron chi connectivity index (χ1n) is 6.98. The number of hydrogen-bond donors (Lipinski definition) is 1. The summed E-state index contributed by atoms with van der Waals surface area (Å²) in [7, 11) is 1.58. The zero-order valence-corrected chi connectivity index (χ0v) is 14.2. The van der Waals surface area contributed by atoms with Crippen LogP contribution < -0.4 is 10.1 Å². The zero-order valence-electron chi connectivity index (χ0n) is 12.7. The van der Waals surface area contributed by atoms with Crippen LogP contribution in [-0.2, 0) is 4.79 Å². The van der Waals surface area contributed by atoms with Gasteiger partial charge in [0.1, 0.15) is 15.8 Å². The Morgan fingerprint density at radius 3 is 2.92 bits per heavy atom. The number of benzene rings is 1. The monoisotopic (exact) mass is 360 g/mol. The van der Waals surface area contributed by atoms with Crippen molar-refractivity contribution in [3.8, 4) is 5.75 Å². The van der Waals surface area contributed by atoms with Crippen LogP contribution in [0.1, 0.15) is 11.3 Å². The first kappa shape index (κ1) is 16.3. The van der Waals surface area contributed by atoms with Gasteiger partial charge in [0.15, 0.2) is 5.13 Å². The molecule has 2 aromatic heterocycles. The second kappa shape index (κ2) is 7.33. The summed E-state index contributed by atoms with van der Waals surface area (Å²) in [5, 5.41) is 3.17. The summed E-state index contributed by atoms with van der Waals surface area (Å²) >= 11 is 7.05. The van der Waals surface area contributed by atoms with Crippen LogP contribution in [0.3, 0.4) is 0 Å². The van der Waals surface area contributed by atoms with Crippen LogP contribution >= 0.6 is 22.9 Å². The highest BCUT2D eigenvalue weighted by Crippen LogP contribution is 2.27. The van der Waals surface area contributed by atoms with Gasteiger partial charge in [-0.05, 0) is 35.9 Å². The number of nitrogens with one attached hydrogen (secondary N) is 1. The third-order valence-electron chi connectivity index (χ3n) is 3.15. The van der Waals surface area contributed by atoms with E-state index in [1.54, 1.807) is 37.6 Å². The molecule has 122 valence electrons. The van der Waals surface area contributed by atoms with E-state index in [9.17, 15) is 4.79 Å². The van der Waals surface area contributed by atoms with Crippen LogP contribution in [0.4, 0.5) is 5.13 Å². The topological polar surface area (TPSA) is 64.4 Å². The van der Waals surface area contributed by atoms with Crippen molar-refractivity contribution in [2.45, 2.75) is 0 Å². The number of thiazole rings is 1. The Morgan fingerprint density at radius 2 is 2.25 bits per heavy atom. The highest BCUT2D eigenvalue weighted by Gasteiger charge is 2.15. The van der Waals surface area contributed by atoms with Crippen molar-refractivity contribution < 1.29 is 13.9 Å². The molecule has 1 amide bonds. The van der Waals surface area contributed by atoms with E-state index in [4.69, 9.17) is 20.8 Å². The number of carbonyl (C=O) groups excluding carboxylic acids is 1. The lowest BCUT2D eigenvalue weighted by Crippen LogP contribution is -2.13. The minimum absolute atomic E-state index is 0.314. The molecule has 0 saturated heterocycles. The summed E-state index contributed by atoms with van der Waals surface area (Å²) in [5.74, 6) is 0.911. The van der Waals surface area contributed by atoms with Gasteiger partial charge in [-0.1, -0.05) is 35.1 Å². The lowest BCUT2D eigenvalue weighted by molar-refractivity contribution is -0.111. The van der Waals surface area contributed by atoms with Gasteiger partial charge in [-0.25, -0.2) is 4.98 Å². The summed E-state index contributed by atoms with van der Waals surface area (Å²) in [6.07, 6.45) is 4.70. The molecule has 24 heavy (non-hydrogen) atoms. The molecule has 0 saturated carbocycles. The maximum Gasteiger partial charge on any atom is 0.258 e. The van der Waals surface area contributed by atoms with Gasteiger partial charge in [-0.15, -0.1) is 0 Å². The predicted octanol–water partition coefficient (Wildman–Crippen LogP) is 4.58. The minimum Gasteiger partial charge on any atom is -0.497 e. The second-order valence-electron chi connectivity index (χ2n) is 4.73. The fraction of sp³-hybridized carbons (Fsp3) is 0.0588. The van der Waals surface area contributed by atoms with Crippen LogP contribution in [0.5, 0.6) is 5.75 Å². The molecule has 3 aromatic rings. The Hall–Kier alpha value is -2.57. The average Bonchev–Trinajstić information content (AvgIpc) is 3.24. The molecule has 0 fully saturated rings. The lowest BCUT2D eigenvalue weighted by atomic mass is 10.0. The predicted molar refractivity (Wildman–Crippen MR) is 95.3 cm³/mol. The van der Waals surface area contributed by atoms with Gasteiger partial charge in [0, 0.05) is 0 Å². The van der Waals surface area contributed by atoms with Crippen molar-refractivity contribution in [1.82, 2.24) is 4.98 Å². The van der Waals surface area contributed by atoms with Crippen LogP contribution in [0.2, 0.25) is 4.34 Å². The van der Waals surface area contributed by atoms with Crippen molar-refractivity contribution in [3.05, 3.63) is 64.5 Å². The van der Waals surface area contributed by atoms with Crippen molar-refractivity contribution in [3.63, 3.8) is 0 Å². The zero-order chi connectivity index (χ0) is 16.9. The molecule has 0 aliphatic carbocycles. The average molecular weight is 361 g/mol. The molecule has 5 nitrogen and oxygen atoms in total. The fourth-order valence-corrected chi connectivity index (χ4v) is 2.87. The molecule has 7 heteroatoms. The van der Waals surface area contributed by atoms with Crippen LogP contribution in [0, 0.1) is 0 Å². The van der Waals surface area contributed by atoms with Gasteiger partial charge < -0.3 is 9.15 Å². The highest BCUT2D eigenvalue weighted by atomic mass is 35.5. The molecule has 0 spiro atoms. The highest BCUT2D eigenvalue weighted by molar-refractivity contribution is 7.19. The SMILES string of the molecule is COc1cccc(/C(=C/c2ccco2)C(=O)Nc2ncc(Cl)s2)c1. The summed E-state index contributed by atoms with van der Waals surface area (Å²) in [5.41, 5.74) is 1.13. The number of halogens is 1. The molecule has 1 aromatic carbocycles. The molecule has 1 N–H and O–H groups in total. The number of amides is 1. The molecule has 0 aliphatic heterocycles. The van der Waals surface area contributed by atoms with Crippen LogP contribution in [0.25, 0.3) is 11.6 Å². The number of carbonyl (C=O) groups is 1. The van der Waals surface area contributed by atoms with Crippen molar-refractivity contribution in [2.24, 2.45) is 0 Å². The van der Waals surface area contributed by atoms with E-state index in [1.807, 2.05) is 18.2 Å². The molecule has 0 bridgehead atoms. The number of ether oxygens (including phenoxy) is 1. The summed E-state index contributed by atoms with van der Waals surface area (Å²) < 4.78 is 11.1. The third kappa shape index (κ3) is 3.84. The van der Waals surface area contributed by atoms with E-state index < -0.39 is 0 Å². The summed E-state index contributed by atoms with van der Waals surface area (Å²) in [6, 6.07) is 10.8. The smallest absolute Gasteiger partial charge is 0.258 e. The van der Waals surface area contributed by atoms with Crippen LogP contribution in [0.15, 0.2) is 53.3 Å². The Morgan fingerprint density at radius 1 is 1.38 bits per heavy atom. The van der Waals surface area contributed by atoms with E-state index in [0.29, 0.717) is 32.1 Å². The lowest BCUT2D eigenvalue weighted by Gasteiger charge is -2.09. The quantitative estimate of drug-likeness (QED) is 0.676. The normalized spacial score (nSPS) is 11.3. The Kier molecular flexibility index (Phi) is 4.98. The molecular weight excluding hydrogens is 348 g/mol. The Balaban J connectivity index is 1.96. The first-order chi connectivity index (χ1) is 11.7. The first-order valence-corrected chi connectivity index (χ1v) is 8.17. The van der Waals surface area contributed by atoms with Gasteiger partial charge >= 0.3 is 0 Å². The maximum absolute atomic E-state index is 12.7. The standard InChI is InChI=1S/C17H13ClN2O3S/c1-22-12-5-2-4-11(8-12)14(9-13-6-3-7-23-13)16(21)20-17-19-10-15(18)24-17/h2-10H,1H3,(H,19,20,21)/b14-9-. The molecule has 0 unspecified atom stereocenters. The van der Waals surface area contributed by atoms with E-state index >= 15 is 0 Å². The van der Waals surface area contributed by atoms with Gasteiger partial charge in [-0.2, -0.15) is 0 Å². The molecule has 2 heterocycles. The van der Waals surface area contributed by atoms with Crippen molar-refractivity contribution >= 4 is 45.6 Å². The number of methoxy groups -OCH3 is 1. The van der Waals surface area contributed by atoms with E-state index in [0.717, 1.165) is 0 Å². The van der Waals surface area contributed by atoms with Gasteiger partial charge in [0.05, 0.1) is 25.1 Å². The molecule has 3 rings (SSSR count). The molecule has 0 radical (unpaired) electrons. The van der Waals surface area contributed by atoms with Gasteiger partial charge in [0.2, 0.25) is 0 Å². The van der Waals surface area contributed by atoms with Crippen molar-refractivity contribution in [1.29, 1.82) is 0 Å². The van der Waals surface area contributed by atoms with Gasteiger partial charge in [-0.3, -0.25) is 10.1 Å². The van der Waals surface area contributed by atoms with E-state index in [2.05, 4.69) is 10.3 Å². The van der Waals surface area contributed by atoms with E-state index in [1.165, 1.54) is 17.5 Å². The Labute approximate surface area is 147 Å².